The lowest BCUT2D eigenvalue weighted by atomic mass is 9.83. The molecule has 2 aromatic rings. The van der Waals surface area contributed by atoms with Crippen molar-refractivity contribution in [3.8, 4) is 0 Å². The minimum absolute atomic E-state index is 0.267. The minimum Gasteiger partial charge on any atom is -0.377 e. The lowest BCUT2D eigenvalue weighted by Gasteiger charge is -2.36. The Balaban J connectivity index is 1.80. The van der Waals surface area contributed by atoms with E-state index in [0.29, 0.717) is 12.0 Å². The van der Waals surface area contributed by atoms with Gasteiger partial charge in [-0.05, 0) is 30.9 Å². The first-order valence-corrected chi connectivity index (χ1v) is 7.73. The summed E-state index contributed by atoms with van der Waals surface area (Å²) in [7, 11) is 0. The summed E-state index contributed by atoms with van der Waals surface area (Å²) in [5.41, 5.74) is 3.90. The number of anilines is 1. The zero-order valence-corrected chi connectivity index (χ0v) is 11.7. The molecule has 0 aliphatic carbocycles. The van der Waals surface area contributed by atoms with Crippen molar-refractivity contribution in [2.24, 2.45) is 5.92 Å². The Kier molecular flexibility index (Phi) is 2.64. The van der Waals surface area contributed by atoms with Crippen LogP contribution in [0.1, 0.15) is 34.6 Å². The number of hydrogen-bond acceptors (Lipinski definition) is 3. The molecule has 1 aromatic carbocycles. The molecule has 2 aliphatic rings. The summed E-state index contributed by atoms with van der Waals surface area (Å²) >= 11 is 1.84. The van der Waals surface area contributed by atoms with Gasteiger partial charge in [-0.25, -0.2) is 0 Å². The second-order valence-electron chi connectivity index (χ2n) is 5.47. The summed E-state index contributed by atoms with van der Waals surface area (Å²) in [5.74, 6) is 0.563. The maximum atomic E-state index is 6.03. The number of fused-ring (bicyclic) bond motifs is 3. The number of benzene rings is 1. The minimum atomic E-state index is 0.267. The summed E-state index contributed by atoms with van der Waals surface area (Å²) in [5, 5.41) is 5.89. The van der Waals surface area contributed by atoms with Gasteiger partial charge in [-0.15, -0.1) is 11.3 Å². The Bertz CT molecular complexity index is 593. The van der Waals surface area contributed by atoms with Gasteiger partial charge in [0.15, 0.2) is 0 Å². The third-order valence-corrected chi connectivity index (χ3v) is 5.20. The van der Waals surface area contributed by atoms with Crippen LogP contribution in [0.4, 0.5) is 5.69 Å². The molecule has 0 radical (unpaired) electrons. The van der Waals surface area contributed by atoms with Crippen molar-refractivity contribution in [3.05, 3.63) is 51.7 Å². The fourth-order valence-corrected chi connectivity index (χ4v) is 4.19. The van der Waals surface area contributed by atoms with Crippen molar-refractivity contribution in [2.45, 2.75) is 25.5 Å². The molecule has 4 rings (SSSR count). The number of rotatable bonds is 1. The molecule has 0 amide bonds. The fourth-order valence-electron chi connectivity index (χ4n) is 3.34. The molecule has 1 N–H and O–H groups in total. The fraction of sp³-hybridized carbons (Fsp3) is 0.375. The van der Waals surface area contributed by atoms with Gasteiger partial charge in [0.25, 0.3) is 0 Å². The Morgan fingerprint density at radius 1 is 1.32 bits per heavy atom. The van der Waals surface area contributed by atoms with Gasteiger partial charge in [-0.3, -0.25) is 0 Å². The van der Waals surface area contributed by atoms with E-state index in [9.17, 15) is 0 Å². The molecule has 1 saturated heterocycles. The van der Waals surface area contributed by atoms with Crippen LogP contribution in [0.15, 0.2) is 35.7 Å². The molecule has 3 heteroatoms. The largest absolute Gasteiger partial charge is 0.377 e. The van der Waals surface area contributed by atoms with Gasteiger partial charge < -0.3 is 10.1 Å². The molecule has 98 valence electrons. The molecule has 1 aromatic heterocycles. The molecular formula is C16H17NOS. The van der Waals surface area contributed by atoms with Crippen LogP contribution in [0.3, 0.4) is 0 Å². The highest BCUT2D eigenvalue weighted by Crippen LogP contribution is 2.50. The van der Waals surface area contributed by atoms with E-state index in [4.69, 9.17) is 4.74 Å². The van der Waals surface area contributed by atoms with Crippen LogP contribution in [-0.2, 0) is 4.74 Å². The maximum absolute atomic E-state index is 6.03. The van der Waals surface area contributed by atoms with E-state index in [-0.39, 0.29) is 6.10 Å². The van der Waals surface area contributed by atoms with Crippen molar-refractivity contribution in [1.82, 2.24) is 0 Å². The lowest BCUT2D eigenvalue weighted by Crippen LogP contribution is -2.28. The second-order valence-corrected chi connectivity index (χ2v) is 6.45. The van der Waals surface area contributed by atoms with E-state index in [1.54, 1.807) is 0 Å². The lowest BCUT2D eigenvalue weighted by molar-refractivity contribution is 0.0832. The summed E-state index contributed by atoms with van der Waals surface area (Å²) in [6.45, 7) is 3.03. The molecule has 3 atom stereocenters. The Morgan fingerprint density at radius 2 is 2.26 bits per heavy atom. The van der Waals surface area contributed by atoms with E-state index in [2.05, 4.69) is 48.0 Å². The summed E-state index contributed by atoms with van der Waals surface area (Å²) in [4.78, 5) is 1.42. The number of nitrogens with one attached hydrogen (secondary N) is 1. The first kappa shape index (κ1) is 11.5. The van der Waals surface area contributed by atoms with Crippen LogP contribution in [0, 0.1) is 12.8 Å². The number of ether oxygens (including phenoxy) is 1. The molecule has 3 heterocycles. The smallest absolute Gasteiger partial charge is 0.0897 e. The average Bonchev–Trinajstić information content (AvgIpc) is 3.09. The molecule has 0 unspecified atom stereocenters. The van der Waals surface area contributed by atoms with Crippen molar-refractivity contribution in [2.75, 3.05) is 11.9 Å². The van der Waals surface area contributed by atoms with E-state index >= 15 is 0 Å². The first-order valence-electron chi connectivity index (χ1n) is 6.85. The highest BCUT2D eigenvalue weighted by molar-refractivity contribution is 7.10. The SMILES string of the molecule is Cc1ccc2c(c1)[C@H]1OCC[C@H]1[C@@H](c1cccs1)N2. The summed E-state index contributed by atoms with van der Waals surface area (Å²) in [6, 6.07) is 11.4. The predicted octanol–water partition coefficient (Wildman–Crippen LogP) is 4.30. The zero-order chi connectivity index (χ0) is 12.8. The monoisotopic (exact) mass is 271 g/mol. The van der Waals surface area contributed by atoms with Crippen LogP contribution in [0.25, 0.3) is 0 Å². The van der Waals surface area contributed by atoms with Crippen LogP contribution in [0.2, 0.25) is 0 Å². The molecular weight excluding hydrogens is 254 g/mol. The van der Waals surface area contributed by atoms with E-state index in [0.717, 1.165) is 13.0 Å². The van der Waals surface area contributed by atoms with Crippen LogP contribution < -0.4 is 5.32 Å². The van der Waals surface area contributed by atoms with Crippen molar-refractivity contribution >= 4 is 17.0 Å². The Hall–Kier alpha value is -1.32. The molecule has 0 bridgehead atoms. The first-order chi connectivity index (χ1) is 9.33. The van der Waals surface area contributed by atoms with Crippen molar-refractivity contribution < 1.29 is 4.74 Å². The molecule has 1 fully saturated rings. The summed E-state index contributed by atoms with van der Waals surface area (Å²) < 4.78 is 6.03. The van der Waals surface area contributed by atoms with Crippen LogP contribution >= 0.6 is 11.3 Å². The maximum Gasteiger partial charge on any atom is 0.0897 e. The zero-order valence-electron chi connectivity index (χ0n) is 10.9. The van der Waals surface area contributed by atoms with Gasteiger partial charge in [-0.1, -0.05) is 23.8 Å². The predicted molar refractivity (Wildman–Crippen MR) is 78.7 cm³/mol. The second kappa shape index (κ2) is 4.36. The molecule has 0 spiro atoms. The van der Waals surface area contributed by atoms with E-state index in [1.807, 2.05) is 11.3 Å². The molecule has 2 aliphatic heterocycles. The van der Waals surface area contributed by atoms with Crippen LogP contribution in [0.5, 0.6) is 0 Å². The van der Waals surface area contributed by atoms with Gasteiger partial charge >= 0.3 is 0 Å². The Labute approximate surface area is 117 Å². The standard InChI is InChI=1S/C16H17NOS/c1-10-4-5-13-12(9-10)16-11(6-7-18-16)15(17-13)14-3-2-8-19-14/h2-5,8-9,11,15-17H,6-7H2,1H3/t11-,15-,16-/m0/s1. The van der Waals surface area contributed by atoms with Gasteiger partial charge in [0.2, 0.25) is 0 Å². The van der Waals surface area contributed by atoms with Crippen LogP contribution in [-0.4, -0.2) is 6.61 Å². The van der Waals surface area contributed by atoms with Gasteiger partial charge in [0.05, 0.1) is 12.1 Å². The normalized spacial score (nSPS) is 28.6. The highest BCUT2D eigenvalue weighted by atomic mass is 32.1. The quantitative estimate of drug-likeness (QED) is 0.835. The highest BCUT2D eigenvalue weighted by Gasteiger charge is 2.41. The van der Waals surface area contributed by atoms with Crippen molar-refractivity contribution in [1.29, 1.82) is 0 Å². The number of thiophene rings is 1. The van der Waals surface area contributed by atoms with E-state index < -0.39 is 0 Å². The van der Waals surface area contributed by atoms with Gasteiger partial charge in [-0.2, -0.15) is 0 Å². The van der Waals surface area contributed by atoms with Crippen molar-refractivity contribution in [3.63, 3.8) is 0 Å². The Morgan fingerprint density at radius 3 is 3.11 bits per heavy atom. The molecule has 0 saturated carbocycles. The average molecular weight is 271 g/mol. The molecule has 2 nitrogen and oxygen atoms in total. The number of aryl methyl sites for hydroxylation is 1. The van der Waals surface area contributed by atoms with Gasteiger partial charge in [0, 0.05) is 28.7 Å². The summed E-state index contributed by atoms with van der Waals surface area (Å²) in [6.07, 6.45) is 1.41. The third-order valence-electron chi connectivity index (χ3n) is 4.24. The topological polar surface area (TPSA) is 21.3 Å². The van der Waals surface area contributed by atoms with Gasteiger partial charge in [0.1, 0.15) is 0 Å². The van der Waals surface area contributed by atoms with E-state index in [1.165, 1.54) is 21.7 Å². The number of hydrogen-bond donors (Lipinski definition) is 1. The third kappa shape index (κ3) is 1.80. The molecule has 19 heavy (non-hydrogen) atoms.